The highest BCUT2D eigenvalue weighted by Gasteiger charge is 2.24. The highest BCUT2D eigenvalue weighted by atomic mass is 32.2. The Morgan fingerprint density at radius 3 is 2.46 bits per heavy atom. The van der Waals surface area contributed by atoms with Crippen LogP contribution >= 0.6 is 11.8 Å². The van der Waals surface area contributed by atoms with Crippen LogP contribution in [0.5, 0.6) is 0 Å². The summed E-state index contributed by atoms with van der Waals surface area (Å²) in [5.74, 6) is -1.94. The minimum Gasteiger partial charge on any atom is -0.478 e. The largest absolute Gasteiger partial charge is 0.478 e. The van der Waals surface area contributed by atoms with Crippen molar-refractivity contribution in [2.24, 2.45) is 10.7 Å². The summed E-state index contributed by atoms with van der Waals surface area (Å²) in [6.45, 7) is 0. The highest BCUT2D eigenvalue weighted by Crippen LogP contribution is 2.29. The van der Waals surface area contributed by atoms with Crippen molar-refractivity contribution < 1.29 is 19.5 Å². The minimum atomic E-state index is -1.01. The quantitative estimate of drug-likeness (QED) is 0.716. The number of carboxylic acids is 1. The molecule has 0 aliphatic carbocycles. The van der Waals surface area contributed by atoms with Gasteiger partial charge in [0.2, 0.25) is 0 Å². The number of benzene rings is 2. The zero-order valence-electron chi connectivity index (χ0n) is 13.3. The van der Waals surface area contributed by atoms with Crippen LogP contribution in [-0.4, -0.2) is 28.1 Å². The number of thioether (sulfide) groups is 1. The van der Waals surface area contributed by atoms with Crippen LogP contribution in [0, 0.1) is 0 Å². The predicted molar refractivity (Wildman–Crippen MR) is 99.2 cm³/mol. The first-order chi connectivity index (χ1) is 12.4. The van der Waals surface area contributed by atoms with Crippen molar-refractivity contribution in [3.63, 3.8) is 0 Å². The average molecular weight is 367 g/mol. The molecule has 1 heterocycles. The summed E-state index contributed by atoms with van der Waals surface area (Å²) < 4.78 is 0. The van der Waals surface area contributed by atoms with Gasteiger partial charge in [-0.25, -0.2) is 9.79 Å². The molecule has 1 saturated heterocycles. The van der Waals surface area contributed by atoms with Gasteiger partial charge in [0.25, 0.3) is 11.8 Å². The van der Waals surface area contributed by atoms with Crippen LogP contribution in [0.1, 0.15) is 26.3 Å². The van der Waals surface area contributed by atoms with Crippen LogP contribution in [0.15, 0.2) is 58.4 Å². The fraction of sp³-hybridized carbons (Fsp3) is 0. The maximum Gasteiger partial charge on any atom is 0.335 e. The third kappa shape index (κ3) is 3.81. The third-order valence-electron chi connectivity index (χ3n) is 3.50. The van der Waals surface area contributed by atoms with Gasteiger partial charge in [0, 0.05) is 0 Å². The van der Waals surface area contributed by atoms with Crippen LogP contribution in [0.3, 0.4) is 0 Å². The normalized spacial score (nSPS) is 16.7. The van der Waals surface area contributed by atoms with Gasteiger partial charge in [0.05, 0.1) is 21.7 Å². The van der Waals surface area contributed by atoms with E-state index >= 15 is 0 Å². The Balaban J connectivity index is 1.85. The van der Waals surface area contributed by atoms with Crippen molar-refractivity contribution in [1.82, 2.24) is 5.32 Å². The zero-order valence-corrected chi connectivity index (χ0v) is 14.1. The number of aliphatic imine (C=N–C) groups is 1. The molecule has 0 unspecified atom stereocenters. The minimum absolute atomic E-state index is 0.168. The third-order valence-corrected chi connectivity index (χ3v) is 4.41. The van der Waals surface area contributed by atoms with Gasteiger partial charge >= 0.3 is 5.97 Å². The summed E-state index contributed by atoms with van der Waals surface area (Å²) >= 11 is 1.12. The number of hydrogen-bond donors (Lipinski definition) is 3. The van der Waals surface area contributed by atoms with E-state index in [1.54, 1.807) is 42.5 Å². The molecule has 0 saturated carbocycles. The number of rotatable bonds is 4. The van der Waals surface area contributed by atoms with E-state index in [2.05, 4.69) is 10.3 Å². The molecule has 1 aliphatic heterocycles. The number of carboxylic acid groups (broad SMARTS) is 1. The number of amides is 2. The molecule has 0 bridgehead atoms. The molecule has 0 aromatic heterocycles. The Hall–Kier alpha value is -3.39. The second-order valence-electron chi connectivity index (χ2n) is 5.29. The maximum absolute atomic E-state index is 12.1. The molecule has 3 rings (SSSR count). The number of amidine groups is 1. The standard InChI is InChI=1S/C18H13N3O4S/c19-15(22)12-3-1-2-4-13(12)20-18-21-16(23)14(26-18)9-10-5-7-11(8-6-10)17(24)25/h1-9H,(H2,19,22)(H,24,25)(H,20,21,23)/b14-9-. The zero-order chi connectivity index (χ0) is 18.7. The summed E-state index contributed by atoms with van der Waals surface area (Å²) in [5, 5.41) is 11.9. The fourth-order valence-corrected chi connectivity index (χ4v) is 3.08. The molecule has 26 heavy (non-hydrogen) atoms. The van der Waals surface area contributed by atoms with Crippen LogP contribution in [0.25, 0.3) is 6.08 Å². The molecule has 0 spiro atoms. The highest BCUT2D eigenvalue weighted by molar-refractivity contribution is 8.18. The Morgan fingerprint density at radius 1 is 1.12 bits per heavy atom. The van der Waals surface area contributed by atoms with Gasteiger partial charge in [-0.3, -0.25) is 9.59 Å². The monoisotopic (exact) mass is 367 g/mol. The first kappa shape index (κ1) is 17.4. The number of para-hydroxylation sites is 1. The molecule has 0 atom stereocenters. The average Bonchev–Trinajstić information content (AvgIpc) is 2.95. The van der Waals surface area contributed by atoms with Gasteiger partial charge in [-0.2, -0.15) is 0 Å². The maximum atomic E-state index is 12.1. The van der Waals surface area contributed by atoms with E-state index in [9.17, 15) is 14.4 Å². The summed E-state index contributed by atoms with van der Waals surface area (Å²) in [4.78, 5) is 39.1. The summed E-state index contributed by atoms with van der Waals surface area (Å²) in [5.41, 5.74) is 6.81. The van der Waals surface area contributed by atoms with Crippen LogP contribution < -0.4 is 11.1 Å². The smallest absolute Gasteiger partial charge is 0.335 e. The number of nitrogens with two attached hydrogens (primary N) is 1. The van der Waals surface area contributed by atoms with Gasteiger partial charge in [-0.15, -0.1) is 0 Å². The molecule has 130 valence electrons. The summed E-state index contributed by atoms with van der Waals surface area (Å²) in [6.07, 6.45) is 1.63. The van der Waals surface area contributed by atoms with Crippen LogP contribution in [0.4, 0.5) is 5.69 Å². The van der Waals surface area contributed by atoms with Crippen molar-refractivity contribution >= 4 is 46.5 Å². The molecule has 1 aliphatic rings. The lowest BCUT2D eigenvalue weighted by molar-refractivity contribution is -0.115. The van der Waals surface area contributed by atoms with Crippen molar-refractivity contribution in [3.8, 4) is 0 Å². The molecule has 1 fully saturated rings. The van der Waals surface area contributed by atoms with Gasteiger partial charge < -0.3 is 16.2 Å². The lowest BCUT2D eigenvalue weighted by atomic mass is 10.1. The van der Waals surface area contributed by atoms with E-state index in [1.807, 2.05) is 0 Å². The first-order valence-corrected chi connectivity index (χ1v) is 8.27. The molecule has 0 radical (unpaired) electrons. The first-order valence-electron chi connectivity index (χ1n) is 7.46. The number of carbonyl (C=O) groups excluding carboxylic acids is 2. The van der Waals surface area contributed by atoms with Crippen molar-refractivity contribution in [3.05, 3.63) is 70.1 Å². The van der Waals surface area contributed by atoms with E-state index in [1.165, 1.54) is 12.1 Å². The Kier molecular flexibility index (Phi) is 4.85. The molecule has 4 N–H and O–H groups in total. The molecular formula is C18H13N3O4S. The number of hydrogen-bond acceptors (Lipinski definition) is 5. The van der Waals surface area contributed by atoms with E-state index in [4.69, 9.17) is 10.8 Å². The number of nitrogens with zero attached hydrogens (tertiary/aromatic N) is 1. The van der Waals surface area contributed by atoms with E-state index in [-0.39, 0.29) is 17.0 Å². The molecular weight excluding hydrogens is 354 g/mol. The lowest BCUT2D eigenvalue weighted by Crippen LogP contribution is -2.19. The SMILES string of the molecule is NC(=O)c1ccccc1N=C1NC(=O)/C(=C/c2ccc(C(=O)O)cc2)S1. The summed E-state index contributed by atoms with van der Waals surface area (Å²) in [7, 11) is 0. The van der Waals surface area contributed by atoms with Gasteiger partial charge in [0.15, 0.2) is 5.17 Å². The fourth-order valence-electron chi connectivity index (χ4n) is 2.24. The Morgan fingerprint density at radius 2 is 1.81 bits per heavy atom. The van der Waals surface area contributed by atoms with E-state index in [0.29, 0.717) is 21.3 Å². The second kappa shape index (κ2) is 7.24. The van der Waals surface area contributed by atoms with Crippen molar-refractivity contribution in [2.75, 3.05) is 0 Å². The Labute approximate surface area is 152 Å². The van der Waals surface area contributed by atoms with Crippen LogP contribution in [0.2, 0.25) is 0 Å². The number of nitrogens with one attached hydrogen (secondary N) is 1. The second-order valence-corrected chi connectivity index (χ2v) is 6.32. The predicted octanol–water partition coefficient (Wildman–Crippen LogP) is 2.38. The number of carbonyl (C=O) groups is 3. The Bertz CT molecular complexity index is 965. The van der Waals surface area contributed by atoms with E-state index in [0.717, 1.165) is 11.8 Å². The molecule has 7 nitrogen and oxygen atoms in total. The molecule has 8 heteroatoms. The van der Waals surface area contributed by atoms with Gasteiger partial charge in [0.1, 0.15) is 0 Å². The molecule has 2 amide bonds. The van der Waals surface area contributed by atoms with Crippen molar-refractivity contribution in [2.45, 2.75) is 0 Å². The van der Waals surface area contributed by atoms with Gasteiger partial charge in [-0.05, 0) is 47.7 Å². The number of primary amides is 1. The topological polar surface area (TPSA) is 122 Å². The molecule has 2 aromatic carbocycles. The van der Waals surface area contributed by atoms with Crippen LogP contribution in [-0.2, 0) is 4.79 Å². The molecule has 2 aromatic rings. The lowest BCUT2D eigenvalue weighted by Gasteiger charge is -2.01. The van der Waals surface area contributed by atoms with Gasteiger partial charge in [-0.1, -0.05) is 24.3 Å². The van der Waals surface area contributed by atoms with Crippen molar-refractivity contribution in [1.29, 1.82) is 0 Å². The van der Waals surface area contributed by atoms with E-state index < -0.39 is 11.9 Å². The summed E-state index contributed by atoms with van der Waals surface area (Å²) in [6, 6.07) is 12.7. The number of aromatic carboxylic acids is 1.